The summed E-state index contributed by atoms with van der Waals surface area (Å²) in [5.41, 5.74) is 1.86. The first kappa shape index (κ1) is 12.1. The van der Waals surface area contributed by atoms with Gasteiger partial charge in [0.1, 0.15) is 6.61 Å². The van der Waals surface area contributed by atoms with Crippen LogP contribution in [0.4, 0.5) is 4.39 Å². The topological polar surface area (TPSA) is 47.6 Å². The van der Waals surface area contributed by atoms with Crippen LogP contribution in [-0.2, 0) is 6.61 Å². The van der Waals surface area contributed by atoms with Gasteiger partial charge in [0.05, 0.1) is 6.21 Å². The minimum Gasteiger partial charge on any atom is -0.486 e. The van der Waals surface area contributed by atoms with Crippen LogP contribution < -0.4 is 10.6 Å². The molecule has 0 atom stereocenters. The Morgan fingerprint density at radius 2 is 1.83 bits per heavy atom. The molecule has 92 valence electrons. The zero-order valence-electron chi connectivity index (χ0n) is 9.71. The number of hydrazone groups is 1. The summed E-state index contributed by atoms with van der Waals surface area (Å²) in [6.45, 7) is 0.320. The second-order valence-electron chi connectivity index (χ2n) is 3.74. The fourth-order valence-electron chi connectivity index (χ4n) is 1.51. The average molecular weight is 244 g/mol. The van der Waals surface area contributed by atoms with Gasteiger partial charge in [0.25, 0.3) is 0 Å². The van der Waals surface area contributed by atoms with Crippen LogP contribution in [0.3, 0.4) is 0 Å². The number of hydrogen-bond acceptors (Lipinski definition) is 3. The van der Waals surface area contributed by atoms with E-state index in [1.54, 1.807) is 24.4 Å². The van der Waals surface area contributed by atoms with Gasteiger partial charge in [-0.3, -0.25) is 0 Å². The van der Waals surface area contributed by atoms with E-state index in [4.69, 9.17) is 10.6 Å². The summed E-state index contributed by atoms with van der Waals surface area (Å²) in [6, 6.07) is 13.9. The molecule has 0 aromatic heterocycles. The third-order valence-electron chi connectivity index (χ3n) is 2.43. The number of benzene rings is 2. The Morgan fingerprint density at radius 3 is 2.50 bits per heavy atom. The van der Waals surface area contributed by atoms with E-state index in [-0.39, 0.29) is 11.6 Å². The molecule has 0 saturated carbocycles. The first-order valence-electron chi connectivity index (χ1n) is 5.49. The van der Waals surface area contributed by atoms with Crippen LogP contribution in [0.1, 0.15) is 11.1 Å². The van der Waals surface area contributed by atoms with E-state index >= 15 is 0 Å². The molecule has 3 nitrogen and oxygen atoms in total. The first-order valence-corrected chi connectivity index (χ1v) is 5.49. The lowest BCUT2D eigenvalue weighted by Gasteiger charge is -2.07. The monoisotopic (exact) mass is 244 g/mol. The summed E-state index contributed by atoms with van der Waals surface area (Å²) in [4.78, 5) is 0. The molecule has 2 N–H and O–H groups in total. The molecule has 2 aromatic carbocycles. The van der Waals surface area contributed by atoms with Gasteiger partial charge in [-0.25, -0.2) is 4.39 Å². The molecule has 0 bridgehead atoms. The normalized spacial score (nSPS) is 10.7. The molecular weight excluding hydrogens is 231 g/mol. The molecule has 0 radical (unpaired) electrons. The second-order valence-corrected chi connectivity index (χ2v) is 3.74. The molecule has 4 heteroatoms. The summed E-state index contributed by atoms with van der Waals surface area (Å²) < 4.78 is 18.7. The van der Waals surface area contributed by atoms with Crippen molar-refractivity contribution in [3.05, 3.63) is 65.5 Å². The highest BCUT2D eigenvalue weighted by atomic mass is 19.1. The molecule has 0 saturated heterocycles. The van der Waals surface area contributed by atoms with Gasteiger partial charge in [-0.2, -0.15) is 5.10 Å². The van der Waals surface area contributed by atoms with Crippen molar-refractivity contribution >= 4 is 6.21 Å². The molecule has 0 aliphatic rings. The van der Waals surface area contributed by atoms with E-state index in [0.29, 0.717) is 6.61 Å². The SMILES string of the molecule is NN=Cc1ccc(COc2ccccc2F)cc1. The van der Waals surface area contributed by atoms with E-state index in [9.17, 15) is 4.39 Å². The first-order chi connectivity index (χ1) is 8.79. The van der Waals surface area contributed by atoms with Crippen LogP contribution >= 0.6 is 0 Å². The Bertz CT molecular complexity index is 538. The number of hydrogen-bond donors (Lipinski definition) is 1. The van der Waals surface area contributed by atoms with Gasteiger partial charge in [0, 0.05) is 0 Å². The van der Waals surface area contributed by atoms with E-state index in [0.717, 1.165) is 11.1 Å². The standard InChI is InChI=1S/C14H13FN2O/c15-13-3-1-2-4-14(13)18-10-12-7-5-11(6-8-12)9-17-16/h1-9H,10,16H2. The minimum absolute atomic E-state index is 0.255. The molecule has 18 heavy (non-hydrogen) atoms. The van der Waals surface area contributed by atoms with E-state index in [1.165, 1.54) is 6.07 Å². The average Bonchev–Trinajstić information content (AvgIpc) is 2.40. The number of para-hydroxylation sites is 1. The summed E-state index contributed by atoms with van der Waals surface area (Å²) in [5, 5.41) is 3.43. The van der Waals surface area contributed by atoms with Crippen LogP contribution in [0.2, 0.25) is 0 Å². The van der Waals surface area contributed by atoms with Gasteiger partial charge in [-0.15, -0.1) is 0 Å². The van der Waals surface area contributed by atoms with Gasteiger partial charge < -0.3 is 10.6 Å². The van der Waals surface area contributed by atoms with Gasteiger partial charge in [-0.1, -0.05) is 36.4 Å². The Morgan fingerprint density at radius 1 is 1.11 bits per heavy atom. The molecule has 2 rings (SSSR count). The molecule has 0 unspecified atom stereocenters. The summed E-state index contributed by atoms with van der Waals surface area (Å²) in [6.07, 6.45) is 1.56. The Kier molecular flexibility index (Phi) is 3.91. The van der Waals surface area contributed by atoms with E-state index in [2.05, 4.69) is 5.10 Å². The Balaban J connectivity index is 2.00. The van der Waals surface area contributed by atoms with E-state index in [1.807, 2.05) is 24.3 Å². The van der Waals surface area contributed by atoms with Crippen LogP contribution in [0.25, 0.3) is 0 Å². The maximum absolute atomic E-state index is 13.3. The number of ether oxygens (including phenoxy) is 1. The van der Waals surface area contributed by atoms with Gasteiger partial charge >= 0.3 is 0 Å². The van der Waals surface area contributed by atoms with Gasteiger partial charge in [0.2, 0.25) is 0 Å². The van der Waals surface area contributed by atoms with E-state index < -0.39 is 0 Å². The third-order valence-corrected chi connectivity index (χ3v) is 2.43. The van der Waals surface area contributed by atoms with Crippen molar-refractivity contribution in [1.82, 2.24) is 0 Å². The molecule has 2 aromatic rings. The molecule has 0 amide bonds. The van der Waals surface area contributed by atoms with Crippen LogP contribution in [-0.4, -0.2) is 6.21 Å². The van der Waals surface area contributed by atoms with Crippen molar-refractivity contribution in [3.8, 4) is 5.75 Å². The number of nitrogens with zero attached hydrogens (tertiary/aromatic N) is 1. The predicted octanol–water partition coefficient (Wildman–Crippen LogP) is 2.70. The second kappa shape index (κ2) is 5.82. The highest BCUT2D eigenvalue weighted by Gasteiger charge is 2.01. The largest absolute Gasteiger partial charge is 0.486 e. The summed E-state index contributed by atoms with van der Waals surface area (Å²) in [7, 11) is 0. The van der Waals surface area contributed by atoms with Crippen LogP contribution in [0.15, 0.2) is 53.6 Å². The molecule has 0 fully saturated rings. The maximum atomic E-state index is 13.3. The smallest absolute Gasteiger partial charge is 0.165 e. The zero-order valence-corrected chi connectivity index (χ0v) is 9.71. The van der Waals surface area contributed by atoms with Crippen molar-refractivity contribution < 1.29 is 9.13 Å². The molecule has 0 heterocycles. The van der Waals surface area contributed by atoms with Crippen molar-refractivity contribution in [3.63, 3.8) is 0 Å². The fourth-order valence-corrected chi connectivity index (χ4v) is 1.51. The third kappa shape index (κ3) is 3.07. The van der Waals surface area contributed by atoms with Crippen molar-refractivity contribution in [2.75, 3.05) is 0 Å². The lowest BCUT2D eigenvalue weighted by molar-refractivity contribution is 0.290. The van der Waals surface area contributed by atoms with Crippen LogP contribution in [0, 0.1) is 5.82 Å². The quantitative estimate of drug-likeness (QED) is 0.510. The molecule has 0 spiro atoms. The molecule has 0 aliphatic heterocycles. The van der Waals surface area contributed by atoms with Crippen molar-refractivity contribution in [1.29, 1.82) is 0 Å². The Labute approximate surface area is 105 Å². The van der Waals surface area contributed by atoms with Crippen molar-refractivity contribution in [2.45, 2.75) is 6.61 Å². The van der Waals surface area contributed by atoms with Gasteiger partial charge in [-0.05, 0) is 23.3 Å². The lowest BCUT2D eigenvalue weighted by Crippen LogP contribution is -1.97. The number of halogens is 1. The fraction of sp³-hybridized carbons (Fsp3) is 0.0714. The van der Waals surface area contributed by atoms with Crippen molar-refractivity contribution in [2.24, 2.45) is 10.9 Å². The number of nitrogens with two attached hydrogens (primary N) is 1. The molecule has 0 aliphatic carbocycles. The number of rotatable bonds is 4. The summed E-state index contributed by atoms with van der Waals surface area (Å²) in [5.74, 6) is 4.95. The highest BCUT2D eigenvalue weighted by Crippen LogP contribution is 2.17. The summed E-state index contributed by atoms with van der Waals surface area (Å²) >= 11 is 0. The van der Waals surface area contributed by atoms with Crippen LogP contribution in [0.5, 0.6) is 5.75 Å². The molecular formula is C14H13FN2O. The maximum Gasteiger partial charge on any atom is 0.165 e. The Hall–Kier alpha value is -2.36. The lowest BCUT2D eigenvalue weighted by atomic mass is 10.1. The minimum atomic E-state index is -0.357. The van der Waals surface area contributed by atoms with Gasteiger partial charge in [0.15, 0.2) is 11.6 Å². The highest BCUT2D eigenvalue weighted by molar-refractivity contribution is 5.79. The zero-order chi connectivity index (χ0) is 12.8. The predicted molar refractivity (Wildman–Crippen MR) is 69.0 cm³/mol.